The third-order valence-electron chi connectivity index (χ3n) is 3.36. The molecule has 0 aromatic rings. The van der Waals surface area contributed by atoms with Crippen molar-refractivity contribution < 1.29 is 18.3 Å². The van der Waals surface area contributed by atoms with E-state index in [1.54, 1.807) is 20.8 Å². The van der Waals surface area contributed by atoms with Crippen molar-refractivity contribution in [3.05, 3.63) is 0 Å². The number of alkyl halides is 2. The summed E-state index contributed by atoms with van der Waals surface area (Å²) in [5.74, 6) is -3.49. The minimum Gasteiger partial charge on any atom is -0.444 e. The van der Waals surface area contributed by atoms with Gasteiger partial charge in [-0.25, -0.2) is 13.6 Å². The normalized spacial score (nSPS) is 31.1. The molecule has 0 bridgehead atoms. The van der Waals surface area contributed by atoms with Crippen LogP contribution in [0.4, 0.5) is 13.6 Å². The van der Waals surface area contributed by atoms with E-state index in [1.165, 1.54) is 0 Å². The summed E-state index contributed by atoms with van der Waals surface area (Å²) >= 11 is 0. The van der Waals surface area contributed by atoms with Gasteiger partial charge in [-0.2, -0.15) is 0 Å². The number of piperidine rings is 1. The molecule has 2 atom stereocenters. The summed E-state index contributed by atoms with van der Waals surface area (Å²) in [6.07, 6.45) is -0.186. The second-order valence-electron chi connectivity index (χ2n) is 6.08. The van der Waals surface area contributed by atoms with Crippen molar-refractivity contribution in [3.63, 3.8) is 0 Å². The Balaban J connectivity index is 2.05. The molecule has 2 aliphatic rings. The highest BCUT2D eigenvalue weighted by Gasteiger charge is 2.53. The number of nitrogens with zero attached hydrogens (tertiary/aromatic N) is 1. The predicted molar refractivity (Wildman–Crippen MR) is 62.7 cm³/mol. The lowest BCUT2D eigenvalue weighted by Gasteiger charge is -2.40. The van der Waals surface area contributed by atoms with Gasteiger partial charge in [0.1, 0.15) is 5.60 Å². The lowest BCUT2D eigenvalue weighted by atomic mass is 9.89. The van der Waals surface area contributed by atoms with E-state index in [9.17, 15) is 13.6 Å². The Kier molecular flexibility index (Phi) is 3.25. The largest absolute Gasteiger partial charge is 0.444 e. The molecule has 0 radical (unpaired) electrons. The molecule has 18 heavy (non-hydrogen) atoms. The topological polar surface area (TPSA) is 41.6 Å². The van der Waals surface area contributed by atoms with Gasteiger partial charge in [0.15, 0.2) is 0 Å². The van der Waals surface area contributed by atoms with Crippen LogP contribution in [0.25, 0.3) is 0 Å². The van der Waals surface area contributed by atoms with E-state index in [4.69, 9.17) is 4.74 Å². The average Bonchev–Trinajstić information content (AvgIpc) is 2.62. The lowest BCUT2D eigenvalue weighted by Crippen LogP contribution is -2.58. The van der Waals surface area contributed by atoms with Gasteiger partial charge in [-0.15, -0.1) is 0 Å². The minimum absolute atomic E-state index is 0.301. The van der Waals surface area contributed by atoms with Crippen molar-refractivity contribution >= 4 is 6.09 Å². The Morgan fingerprint density at radius 2 is 2.11 bits per heavy atom. The van der Waals surface area contributed by atoms with Gasteiger partial charge < -0.3 is 15.0 Å². The smallest absolute Gasteiger partial charge is 0.410 e. The molecule has 1 amide bonds. The van der Waals surface area contributed by atoms with Gasteiger partial charge >= 0.3 is 6.09 Å². The summed E-state index contributed by atoms with van der Waals surface area (Å²) in [4.78, 5) is 12.9. The third-order valence-corrected chi connectivity index (χ3v) is 3.36. The van der Waals surface area contributed by atoms with Crippen LogP contribution in [-0.2, 0) is 4.74 Å². The molecule has 0 aliphatic carbocycles. The zero-order valence-corrected chi connectivity index (χ0v) is 11.0. The summed E-state index contributed by atoms with van der Waals surface area (Å²) in [6.45, 7) is 5.53. The Hall–Kier alpha value is -0.910. The number of ether oxygens (including phenoxy) is 1. The second kappa shape index (κ2) is 4.33. The Morgan fingerprint density at radius 3 is 2.72 bits per heavy atom. The summed E-state index contributed by atoms with van der Waals surface area (Å²) in [6, 6.07) is -0.318. The number of halogens is 2. The SMILES string of the molecule is CC(C)(C)OC(=O)N1CC2NCCC2C(F)(F)C1. The van der Waals surface area contributed by atoms with Crippen LogP contribution >= 0.6 is 0 Å². The van der Waals surface area contributed by atoms with E-state index in [0.29, 0.717) is 19.5 Å². The van der Waals surface area contributed by atoms with E-state index < -0.39 is 30.1 Å². The van der Waals surface area contributed by atoms with Gasteiger partial charge in [0.25, 0.3) is 5.92 Å². The van der Waals surface area contributed by atoms with E-state index in [1.807, 2.05) is 0 Å². The number of hydrogen-bond acceptors (Lipinski definition) is 3. The Morgan fingerprint density at radius 1 is 1.44 bits per heavy atom. The highest BCUT2D eigenvalue weighted by molar-refractivity contribution is 5.68. The first kappa shape index (κ1) is 13.5. The second-order valence-corrected chi connectivity index (χ2v) is 6.08. The van der Waals surface area contributed by atoms with Crippen molar-refractivity contribution in [1.29, 1.82) is 0 Å². The highest BCUT2D eigenvalue weighted by atomic mass is 19.3. The Bertz CT molecular complexity index is 341. The number of amides is 1. The summed E-state index contributed by atoms with van der Waals surface area (Å²) in [5.41, 5.74) is -0.660. The zero-order chi connectivity index (χ0) is 13.6. The summed E-state index contributed by atoms with van der Waals surface area (Å²) in [7, 11) is 0. The highest BCUT2D eigenvalue weighted by Crippen LogP contribution is 2.38. The molecule has 4 nitrogen and oxygen atoms in total. The Labute approximate surface area is 106 Å². The molecule has 2 unspecified atom stereocenters. The fraction of sp³-hybridized carbons (Fsp3) is 0.917. The van der Waals surface area contributed by atoms with E-state index in [0.717, 1.165) is 4.90 Å². The van der Waals surface area contributed by atoms with Crippen LogP contribution in [0.5, 0.6) is 0 Å². The number of carbonyl (C=O) groups is 1. The molecule has 2 heterocycles. The van der Waals surface area contributed by atoms with Crippen LogP contribution in [0, 0.1) is 5.92 Å². The van der Waals surface area contributed by atoms with Crippen LogP contribution in [0.3, 0.4) is 0 Å². The van der Waals surface area contributed by atoms with Crippen molar-refractivity contribution in [1.82, 2.24) is 10.2 Å². The van der Waals surface area contributed by atoms with Gasteiger partial charge in [0.05, 0.1) is 6.54 Å². The molecular formula is C12H20F2N2O2. The van der Waals surface area contributed by atoms with Crippen LogP contribution in [0.15, 0.2) is 0 Å². The molecule has 2 aliphatic heterocycles. The first-order valence-corrected chi connectivity index (χ1v) is 6.28. The van der Waals surface area contributed by atoms with Gasteiger partial charge in [-0.1, -0.05) is 0 Å². The molecule has 0 spiro atoms. The maximum absolute atomic E-state index is 13.9. The van der Waals surface area contributed by atoms with Crippen LogP contribution in [0.2, 0.25) is 0 Å². The maximum Gasteiger partial charge on any atom is 0.410 e. The first-order valence-electron chi connectivity index (χ1n) is 6.28. The van der Waals surface area contributed by atoms with Crippen LogP contribution in [0.1, 0.15) is 27.2 Å². The molecule has 6 heteroatoms. The fourth-order valence-electron chi connectivity index (χ4n) is 2.60. The number of likely N-dealkylation sites (tertiary alicyclic amines) is 1. The molecule has 0 aromatic carbocycles. The predicted octanol–water partition coefficient (Wildman–Crippen LogP) is 1.85. The third kappa shape index (κ3) is 2.74. The minimum atomic E-state index is -2.83. The van der Waals surface area contributed by atoms with Crippen LogP contribution < -0.4 is 5.32 Å². The standard InChI is InChI=1S/C12H20F2N2O2/c1-11(2,3)18-10(17)16-6-9-8(4-5-15-9)12(13,14)7-16/h8-9,15H,4-7H2,1-3H3. The van der Waals surface area contributed by atoms with Crippen molar-refractivity contribution in [2.45, 2.75) is 44.8 Å². The zero-order valence-electron chi connectivity index (χ0n) is 11.0. The average molecular weight is 262 g/mol. The lowest BCUT2D eigenvalue weighted by molar-refractivity contribution is -0.112. The van der Waals surface area contributed by atoms with Crippen LogP contribution in [-0.4, -0.2) is 48.2 Å². The fourth-order valence-corrected chi connectivity index (χ4v) is 2.60. The molecule has 104 valence electrons. The molecule has 2 saturated heterocycles. The molecule has 1 N–H and O–H groups in total. The molecular weight excluding hydrogens is 242 g/mol. The summed E-state index contributed by atoms with van der Waals surface area (Å²) in [5, 5.41) is 3.03. The number of rotatable bonds is 0. The molecule has 2 rings (SSSR count). The van der Waals surface area contributed by atoms with E-state index in [2.05, 4.69) is 5.32 Å². The number of fused-ring (bicyclic) bond motifs is 1. The van der Waals surface area contributed by atoms with Crippen molar-refractivity contribution in [2.24, 2.45) is 5.92 Å². The van der Waals surface area contributed by atoms with Crippen molar-refractivity contribution in [3.8, 4) is 0 Å². The van der Waals surface area contributed by atoms with Gasteiger partial charge in [-0.3, -0.25) is 0 Å². The van der Waals surface area contributed by atoms with E-state index >= 15 is 0 Å². The summed E-state index contributed by atoms with van der Waals surface area (Å²) < 4.78 is 33.0. The molecule has 0 saturated carbocycles. The maximum atomic E-state index is 13.9. The van der Waals surface area contributed by atoms with E-state index in [-0.39, 0.29) is 6.04 Å². The first-order chi connectivity index (χ1) is 8.19. The van der Waals surface area contributed by atoms with Gasteiger partial charge in [-0.05, 0) is 33.7 Å². The van der Waals surface area contributed by atoms with Crippen molar-refractivity contribution in [2.75, 3.05) is 19.6 Å². The monoisotopic (exact) mass is 262 g/mol. The number of nitrogens with one attached hydrogen (secondary N) is 1. The quantitative estimate of drug-likeness (QED) is 0.724. The number of carbonyl (C=O) groups excluding carboxylic acids is 1. The number of hydrogen-bond donors (Lipinski definition) is 1. The molecule has 0 aromatic heterocycles. The molecule has 2 fully saturated rings. The van der Waals surface area contributed by atoms with Gasteiger partial charge in [0, 0.05) is 18.5 Å². The van der Waals surface area contributed by atoms with Gasteiger partial charge in [0.2, 0.25) is 0 Å².